The van der Waals surface area contributed by atoms with Gasteiger partial charge in [-0.3, -0.25) is 0 Å². The van der Waals surface area contributed by atoms with Gasteiger partial charge < -0.3 is 15.4 Å². The fraction of sp³-hybridized carbons (Fsp3) is 0.944. The third-order valence-electron chi connectivity index (χ3n) is 5.11. The molecule has 0 spiro atoms. The normalized spacial score (nSPS) is 19.2. The maximum absolute atomic E-state index is 12.3. The lowest BCUT2D eigenvalue weighted by Gasteiger charge is -2.34. The Morgan fingerprint density at radius 3 is 2.39 bits per heavy atom. The van der Waals surface area contributed by atoms with Crippen molar-refractivity contribution in [1.29, 1.82) is 0 Å². The Kier molecular flexibility index (Phi) is 8.62. The molecule has 1 aliphatic rings. The van der Waals surface area contributed by atoms with Crippen molar-refractivity contribution in [3.05, 3.63) is 0 Å². The number of nitrogens with two attached hydrogens (primary N) is 1. The summed E-state index contributed by atoms with van der Waals surface area (Å²) in [5.41, 5.74) is 6.45. The molecule has 1 rings (SSSR count). The third kappa shape index (κ3) is 7.70. The van der Waals surface area contributed by atoms with Crippen molar-refractivity contribution < 1.29 is 9.53 Å². The second-order valence-electron chi connectivity index (χ2n) is 8.42. The third-order valence-corrected chi connectivity index (χ3v) is 6.81. The summed E-state index contributed by atoms with van der Waals surface area (Å²) in [6, 6.07) is 1.14. The molecular formula is C18H38N2O2Si. The molecule has 1 aliphatic carbocycles. The van der Waals surface area contributed by atoms with Gasteiger partial charge in [-0.15, -0.1) is 0 Å². The molecule has 2 N–H and O–H groups in total. The van der Waals surface area contributed by atoms with E-state index in [4.69, 9.17) is 10.5 Å². The molecule has 0 aliphatic heterocycles. The molecule has 136 valence electrons. The van der Waals surface area contributed by atoms with Crippen LogP contribution < -0.4 is 5.73 Å². The largest absolute Gasteiger partial charge is 0.450 e. The van der Waals surface area contributed by atoms with Crippen molar-refractivity contribution in [2.45, 2.75) is 89.6 Å². The van der Waals surface area contributed by atoms with E-state index in [1.807, 2.05) is 7.05 Å². The molecule has 1 saturated carbocycles. The Balaban J connectivity index is 2.45. The Hall–Kier alpha value is -0.553. The molecule has 1 amide bonds. The molecule has 1 fully saturated rings. The van der Waals surface area contributed by atoms with E-state index in [-0.39, 0.29) is 18.2 Å². The van der Waals surface area contributed by atoms with Crippen LogP contribution in [0.25, 0.3) is 0 Å². The summed E-state index contributed by atoms with van der Waals surface area (Å²) in [6.45, 7) is 9.52. The van der Waals surface area contributed by atoms with E-state index in [0.717, 1.165) is 24.8 Å². The first-order valence-electron chi connectivity index (χ1n) is 9.39. The molecule has 5 heteroatoms. The van der Waals surface area contributed by atoms with Crippen molar-refractivity contribution in [3.8, 4) is 0 Å². The van der Waals surface area contributed by atoms with E-state index < -0.39 is 8.07 Å². The summed E-state index contributed by atoms with van der Waals surface area (Å²) in [6.07, 6.45) is 8.34. The lowest BCUT2D eigenvalue weighted by atomic mass is 9.83. The van der Waals surface area contributed by atoms with Gasteiger partial charge in [-0.1, -0.05) is 58.7 Å². The van der Waals surface area contributed by atoms with E-state index in [1.54, 1.807) is 4.90 Å². The zero-order valence-electron chi connectivity index (χ0n) is 15.9. The Bertz CT molecular complexity index is 351. The van der Waals surface area contributed by atoms with Crippen molar-refractivity contribution in [1.82, 2.24) is 4.90 Å². The van der Waals surface area contributed by atoms with Gasteiger partial charge >= 0.3 is 6.09 Å². The van der Waals surface area contributed by atoms with Gasteiger partial charge in [-0.05, 0) is 24.8 Å². The average molecular weight is 343 g/mol. The average Bonchev–Trinajstić information content (AvgIpc) is 2.47. The zero-order chi connectivity index (χ0) is 17.5. The van der Waals surface area contributed by atoms with E-state index in [9.17, 15) is 4.79 Å². The molecule has 4 nitrogen and oxygen atoms in total. The number of nitrogens with zero attached hydrogens (tertiary/aromatic N) is 1. The number of rotatable bonds is 8. The highest BCUT2D eigenvalue weighted by Gasteiger charge is 2.28. The van der Waals surface area contributed by atoms with Gasteiger partial charge in [0, 0.05) is 27.2 Å². The maximum Gasteiger partial charge on any atom is 0.409 e. The van der Waals surface area contributed by atoms with Gasteiger partial charge in [0.25, 0.3) is 0 Å². The van der Waals surface area contributed by atoms with Crippen LogP contribution in [0.15, 0.2) is 0 Å². The molecular weight excluding hydrogens is 304 g/mol. The first-order chi connectivity index (χ1) is 10.7. The Morgan fingerprint density at radius 2 is 1.87 bits per heavy atom. The second-order valence-corrected chi connectivity index (χ2v) is 14.0. The van der Waals surface area contributed by atoms with E-state index >= 15 is 0 Å². The zero-order valence-corrected chi connectivity index (χ0v) is 16.9. The predicted molar refractivity (Wildman–Crippen MR) is 101 cm³/mol. The first kappa shape index (κ1) is 20.5. The second kappa shape index (κ2) is 9.67. The fourth-order valence-corrected chi connectivity index (χ4v) is 4.22. The van der Waals surface area contributed by atoms with Crippen molar-refractivity contribution in [2.24, 2.45) is 11.7 Å². The molecule has 0 aromatic heterocycles. The van der Waals surface area contributed by atoms with E-state index in [2.05, 4.69) is 26.6 Å². The van der Waals surface area contributed by atoms with E-state index in [0.29, 0.717) is 6.61 Å². The number of ether oxygens (including phenoxy) is 1. The summed E-state index contributed by atoms with van der Waals surface area (Å²) in [5, 5.41) is 0. The molecule has 2 atom stereocenters. The summed E-state index contributed by atoms with van der Waals surface area (Å²) in [7, 11) is 0.673. The summed E-state index contributed by atoms with van der Waals surface area (Å²) < 4.78 is 5.47. The van der Waals surface area contributed by atoms with Crippen LogP contribution in [0, 0.1) is 5.92 Å². The summed E-state index contributed by atoms with van der Waals surface area (Å²) >= 11 is 0. The molecule has 0 radical (unpaired) electrons. The number of carbonyl (C=O) groups excluding carboxylic acids is 1. The Morgan fingerprint density at radius 1 is 1.26 bits per heavy atom. The van der Waals surface area contributed by atoms with Crippen LogP contribution in [0.5, 0.6) is 0 Å². The highest BCUT2D eigenvalue weighted by atomic mass is 28.3. The lowest BCUT2D eigenvalue weighted by Crippen LogP contribution is -2.49. The van der Waals surface area contributed by atoms with Gasteiger partial charge in [-0.2, -0.15) is 0 Å². The molecule has 0 aromatic carbocycles. The monoisotopic (exact) mass is 342 g/mol. The lowest BCUT2D eigenvalue weighted by molar-refractivity contribution is 0.0915. The molecule has 23 heavy (non-hydrogen) atoms. The first-order valence-corrected chi connectivity index (χ1v) is 13.1. The van der Waals surface area contributed by atoms with Crippen LogP contribution in [0.2, 0.25) is 25.7 Å². The minimum atomic E-state index is -1.17. The number of likely N-dealkylation sites (N-methyl/N-ethyl adjacent to an activating group) is 1. The SMILES string of the molecule is CCC([C@@H](N)CC1CCCCC1)N(C)C(=O)OCC[Si](C)(C)C. The Labute approximate surface area is 144 Å². The van der Waals surface area contributed by atoms with Crippen LogP contribution in [0.1, 0.15) is 51.9 Å². The van der Waals surface area contributed by atoms with Crippen LogP contribution in [0.3, 0.4) is 0 Å². The van der Waals surface area contributed by atoms with Gasteiger partial charge in [-0.25, -0.2) is 4.79 Å². The fourth-order valence-electron chi connectivity index (χ4n) is 3.51. The summed E-state index contributed by atoms with van der Waals surface area (Å²) in [5.74, 6) is 0.740. The molecule has 0 heterocycles. The van der Waals surface area contributed by atoms with Crippen LogP contribution >= 0.6 is 0 Å². The van der Waals surface area contributed by atoms with Crippen LogP contribution in [-0.2, 0) is 4.74 Å². The van der Waals surface area contributed by atoms with Crippen LogP contribution in [-0.4, -0.2) is 44.8 Å². The van der Waals surface area contributed by atoms with Gasteiger partial charge in [0.05, 0.1) is 6.61 Å². The molecule has 0 bridgehead atoms. The quantitative estimate of drug-likeness (QED) is 0.662. The maximum atomic E-state index is 12.3. The van der Waals surface area contributed by atoms with Gasteiger partial charge in [0.2, 0.25) is 0 Å². The number of hydrogen-bond acceptors (Lipinski definition) is 3. The minimum absolute atomic E-state index is 0.0534. The highest BCUT2D eigenvalue weighted by Crippen LogP contribution is 2.28. The highest BCUT2D eigenvalue weighted by molar-refractivity contribution is 6.76. The number of carbonyl (C=O) groups is 1. The number of hydrogen-bond donors (Lipinski definition) is 1. The van der Waals surface area contributed by atoms with Crippen molar-refractivity contribution in [3.63, 3.8) is 0 Å². The smallest absolute Gasteiger partial charge is 0.409 e. The van der Waals surface area contributed by atoms with Crippen LogP contribution in [0.4, 0.5) is 4.79 Å². The predicted octanol–water partition coefficient (Wildman–Crippen LogP) is 4.47. The van der Waals surface area contributed by atoms with Gasteiger partial charge in [0.15, 0.2) is 0 Å². The molecule has 0 aromatic rings. The topological polar surface area (TPSA) is 55.6 Å². The minimum Gasteiger partial charge on any atom is -0.450 e. The van der Waals surface area contributed by atoms with Crippen molar-refractivity contribution >= 4 is 14.2 Å². The summed E-state index contributed by atoms with van der Waals surface area (Å²) in [4.78, 5) is 14.0. The van der Waals surface area contributed by atoms with E-state index in [1.165, 1.54) is 32.1 Å². The standard InChI is InChI=1S/C18H38N2O2Si/c1-6-17(16(19)14-15-10-8-7-9-11-15)20(2)18(21)22-12-13-23(3,4)5/h15-17H,6-14,19H2,1-5H3/t16-,17?/m0/s1. The van der Waals surface area contributed by atoms with Gasteiger partial charge in [0.1, 0.15) is 0 Å². The molecule has 0 saturated heterocycles. The molecule has 1 unspecified atom stereocenters. The number of amides is 1. The van der Waals surface area contributed by atoms with Crippen molar-refractivity contribution in [2.75, 3.05) is 13.7 Å².